The summed E-state index contributed by atoms with van der Waals surface area (Å²) in [5, 5.41) is 0. The number of aryl methyl sites for hydroxylation is 1. The molecule has 0 amide bonds. The number of aromatic amines is 1. The van der Waals surface area contributed by atoms with Crippen LogP contribution in [0.5, 0.6) is 0 Å². The molecule has 1 N–H and O–H groups in total. The number of carbonyl (C=O) groups excluding carboxylic acids is 1. The monoisotopic (exact) mass is 298 g/mol. The first-order valence-corrected chi connectivity index (χ1v) is 6.78. The highest BCUT2D eigenvalue weighted by Crippen LogP contribution is 2.27. The summed E-state index contributed by atoms with van der Waals surface area (Å²) in [6.07, 6.45) is 1.22. The summed E-state index contributed by atoms with van der Waals surface area (Å²) >= 11 is 0. The first-order valence-electron chi connectivity index (χ1n) is 6.78. The third kappa shape index (κ3) is 3.72. The van der Waals surface area contributed by atoms with Crippen LogP contribution in [-0.2, 0) is 14.2 Å². The van der Waals surface area contributed by atoms with Crippen LogP contribution in [-0.4, -0.2) is 35.0 Å². The second-order valence-corrected chi connectivity index (χ2v) is 4.76. The maximum Gasteiger partial charge on any atom is 0.508 e. The highest BCUT2D eigenvalue weighted by molar-refractivity contribution is 5.59. The lowest BCUT2D eigenvalue weighted by Gasteiger charge is -2.16. The highest BCUT2D eigenvalue weighted by Gasteiger charge is 2.28. The number of hydrogen-bond donors (Lipinski definition) is 1. The molecule has 1 saturated heterocycles. The molecule has 1 aliphatic rings. The van der Waals surface area contributed by atoms with Crippen LogP contribution in [0.3, 0.4) is 0 Å². The van der Waals surface area contributed by atoms with Crippen LogP contribution < -0.4 is 11.2 Å². The molecular formula is C13H18N2O6. The molecule has 0 aromatic carbocycles. The predicted octanol–water partition coefficient (Wildman–Crippen LogP) is 0.696. The molecule has 0 unspecified atom stereocenters. The van der Waals surface area contributed by atoms with Crippen molar-refractivity contribution in [3.63, 3.8) is 0 Å². The minimum absolute atomic E-state index is 0.0758. The molecule has 0 bridgehead atoms. The van der Waals surface area contributed by atoms with E-state index in [1.54, 1.807) is 13.8 Å². The zero-order chi connectivity index (χ0) is 15.4. The van der Waals surface area contributed by atoms with Crippen molar-refractivity contribution in [1.29, 1.82) is 0 Å². The van der Waals surface area contributed by atoms with Gasteiger partial charge in [0.1, 0.15) is 12.8 Å². The first kappa shape index (κ1) is 15.3. The largest absolute Gasteiger partial charge is 0.508 e. The van der Waals surface area contributed by atoms with Gasteiger partial charge in [0.2, 0.25) is 0 Å². The van der Waals surface area contributed by atoms with E-state index in [0.717, 1.165) is 0 Å². The van der Waals surface area contributed by atoms with Crippen LogP contribution in [0.4, 0.5) is 4.79 Å². The molecule has 8 nitrogen and oxygen atoms in total. The third-order valence-corrected chi connectivity index (χ3v) is 3.19. The normalized spacial score (nSPS) is 21.2. The number of H-pyrrole nitrogens is 1. The van der Waals surface area contributed by atoms with E-state index < -0.39 is 23.6 Å². The Balaban J connectivity index is 1.96. The van der Waals surface area contributed by atoms with Crippen LogP contribution in [0.2, 0.25) is 0 Å². The average Bonchev–Trinajstić information content (AvgIpc) is 2.89. The van der Waals surface area contributed by atoms with Crippen molar-refractivity contribution in [1.82, 2.24) is 9.55 Å². The maximum absolute atomic E-state index is 11.8. The molecule has 1 aliphatic heterocycles. The number of hydrogen-bond acceptors (Lipinski definition) is 6. The number of ether oxygens (including phenoxy) is 3. The van der Waals surface area contributed by atoms with Gasteiger partial charge in [0.15, 0.2) is 0 Å². The van der Waals surface area contributed by atoms with Gasteiger partial charge in [-0.2, -0.15) is 0 Å². The van der Waals surface area contributed by atoms with Gasteiger partial charge in [-0.1, -0.05) is 0 Å². The molecule has 1 fully saturated rings. The Bertz CT molecular complexity index is 620. The summed E-state index contributed by atoms with van der Waals surface area (Å²) < 4.78 is 16.5. The molecule has 1 aromatic heterocycles. The van der Waals surface area contributed by atoms with Gasteiger partial charge < -0.3 is 14.2 Å². The van der Waals surface area contributed by atoms with Crippen molar-refractivity contribution in [2.45, 2.75) is 39.0 Å². The summed E-state index contributed by atoms with van der Waals surface area (Å²) in [7, 11) is 0. The summed E-state index contributed by atoms with van der Waals surface area (Å²) in [5.41, 5.74) is -0.483. The smallest absolute Gasteiger partial charge is 0.435 e. The third-order valence-electron chi connectivity index (χ3n) is 3.19. The highest BCUT2D eigenvalue weighted by atomic mass is 16.7. The van der Waals surface area contributed by atoms with Crippen LogP contribution in [0.1, 0.15) is 31.6 Å². The Kier molecular flexibility index (Phi) is 4.79. The zero-order valence-corrected chi connectivity index (χ0v) is 12.0. The Morgan fingerprint density at radius 3 is 2.90 bits per heavy atom. The van der Waals surface area contributed by atoms with Crippen molar-refractivity contribution in [2.24, 2.45) is 0 Å². The molecule has 21 heavy (non-hydrogen) atoms. The molecule has 0 radical (unpaired) electrons. The standard InChI is InChI=1S/C13H18N2O6/c1-3-19-13(18)20-7-9-4-5-10(21-9)15-6-8(2)11(16)14-12(15)17/h6,9-10H,3-5,7H2,1-2H3,(H,14,16,17)/t9-,10+/m0/s1. The summed E-state index contributed by atoms with van der Waals surface area (Å²) in [5.74, 6) is 0. The minimum atomic E-state index is -0.735. The molecular weight excluding hydrogens is 280 g/mol. The van der Waals surface area contributed by atoms with Gasteiger partial charge in [0.05, 0.1) is 12.7 Å². The number of rotatable bonds is 4. The molecule has 8 heteroatoms. The predicted molar refractivity (Wildman–Crippen MR) is 72.2 cm³/mol. The molecule has 0 spiro atoms. The SMILES string of the molecule is CCOC(=O)OC[C@@H]1CC[C@H](n2cc(C)c(=O)[nH]c2=O)O1. The number of nitrogens with one attached hydrogen (secondary N) is 1. The number of aromatic nitrogens is 2. The quantitative estimate of drug-likeness (QED) is 0.821. The Labute approximate surface area is 120 Å². The average molecular weight is 298 g/mol. The number of carbonyl (C=O) groups is 1. The second-order valence-electron chi connectivity index (χ2n) is 4.76. The molecule has 2 rings (SSSR count). The zero-order valence-electron chi connectivity index (χ0n) is 12.0. The van der Waals surface area contributed by atoms with Crippen LogP contribution in [0.25, 0.3) is 0 Å². The minimum Gasteiger partial charge on any atom is -0.435 e. The fraction of sp³-hybridized carbons (Fsp3) is 0.615. The molecule has 2 atom stereocenters. The summed E-state index contributed by atoms with van der Waals surface area (Å²) in [4.78, 5) is 36.4. The van der Waals surface area contributed by atoms with E-state index in [4.69, 9.17) is 9.47 Å². The fourth-order valence-electron chi connectivity index (χ4n) is 2.13. The molecule has 0 aliphatic carbocycles. The van der Waals surface area contributed by atoms with Crippen LogP contribution in [0, 0.1) is 6.92 Å². The van der Waals surface area contributed by atoms with Gasteiger partial charge in [0.25, 0.3) is 5.56 Å². The lowest BCUT2D eigenvalue weighted by molar-refractivity contribution is -0.0394. The van der Waals surface area contributed by atoms with E-state index in [1.165, 1.54) is 10.8 Å². The van der Waals surface area contributed by atoms with Crippen LogP contribution >= 0.6 is 0 Å². The molecule has 0 saturated carbocycles. The van der Waals surface area contributed by atoms with E-state index in [9.17, 15) is 14.4 Å². The molecule has 116 valence electrons. The van der Waals surface area contributed by atoms with Gasteiger partial charge in [-0.3, -0.25) is 14.3 Å². The second kappa shape index (κ2) is 6.57. The van der Waals surface area contributed by atoms with Crippen molar-refractivity contribution in [3.05, 3.63) is 32.6 Å². The molecule has 2 heterocycles. The van der Waals surface area contributed by atoms with Crippen molar-refractivity contribution in [3.8, 4) is 0 Å². The van der Waals surface area contributed by atoms with Gasteiger partial charge >= 0.3 is 11.8 Å². The van der Waals surface area contributed by atoms with Gasteiger partial charge in [0, 0.05) is 11.8 Å². The van der Waals surface area contributed by atoms with E-state index in [-0.39, 0.29) is 19.3 Å². The van der Waals surface area contributed by atoms with Gasteiger partial charge in [-0.15, -0.1) is 0 Å². The van der Waals surface area contributed by atoms with Crippen molar-refractivity contribution >= 4 is 6.16 Å². The molecule has 1 aromatic rings. The summed E-state index contributed by atoms with van der Waals surface area (Å²) in [6, 6.07) is 0. The lowest BCUT2D eigenvalue weighted by atomic mass is 10.2. The fourth-order valence-corrected chi connectivity index (χ4v) is 2.13. The van der Waals surface area contributed by atoms with Crippen molar-refractivity contribution < 1.29 is 19.0 Å². The van der Waals surface area contributed by atoms with E-state index in [1.807, 2.05) is 0 Å². The van der Waals surface area contributed by atoms with E-state index >= 15 is 0 Å². The van der Waals surface area contributed by atoms with Gasteiger partial charge in [-0.25, -0.2) is 9.59 Å². The maximum atomic E-state index is 11.8. The lowest BCUT2D eigenvalue weighted by Crippen LogP contribution is -2.33. The van der Waals surface area contributed by atoms with Crippen molar-refractivity contribution in [2.75, 3.05) is 13.2 Å². The Morgan fingerprint density at radius 1 is 1.43 bits per heavy atom. The van der Waals surface area contributed by atoms with E-state index in [2.05, 4.69) is 9.72 Å². The number of nitrogens with zero attached hydrogens (tertiary/aromatic N) is 1. The summed E-state index contributed by atoms with van der Waals surface area (Å²) in [6.45, 7) is 3.63. The van der Waals surface area contributed by atoms with Crippen LogP contribution in [0.15, 0.2) is 15.8 Å². The first-order chi connectivity index (χ1) is 10.0. The Morgan fingerprint density at radius 2 is 2.19 bits per heavy atom. The van der Waals surface area contributed by atoms with Gasteiger partial charge in [-0.05, 0) is 26.7 Å². The Hall–Kier alpha value is -2.09. The topological polar surface area (TPSA) is 99.6 Å². The van der Waals surface area contributed by atoms with E-state index in [0.29, 0.717) is 18.4 Å².